The SMILES string of the molecule is Oc1ccc(C=Cc2c3c(cc4c2[C@H](c2cc(O)cc(O)c2)[C@@H](c2ccc(O)cc2)O4)O[C@H](c2ccc(O)cc2)[C@H]3c2cc(O)cc(O)c2)cc1. The van der Waals surface area contributed by atoms with Crippen molar-refractivity contribution in [1.29, 1.82) is 0 Å². The number of hydrogen-bond acceptors (Lipinski definition) is 9. The zero-order valence-electron chi connectivity index (χ0n) is 26.9. The molecule has 0 fully saturated rings. The van der Waals surface area contributed by atoms with E-state index in [1.807, 2.05) is 18.2 Å². The summed E-state index contributed by atoms with van der Waals surface area (Å²) in [6.07, 6.45) is 2.52. The summed E-state index contributed by atoms with van der Waals surface area (Å²) in [5.74, 6) is -0.409. The molecule has 9 heteroatoms. The van der Waals surface area contributed by atoms with Gasteiger partial charge in [0.05, 0.1) is 11.8 Å². The molecule has 0 bridgehead atoms. The van der Waals surface area contributed by atoms with Crippen LogP contribution in [0.3, 0.4) is 0 Å². The van der Waals surface area contributed by atoms with Crippen molar-refractivity contribution in [1.82, 2.24) is 0 Å². The Morgan fingerprint density at radius 1 is 0.373 bits per heavy atom. The van der Waals surface area contributed by atoms with E-state index in [2.05, 4.69) is 0 Å². The number of ether oxygens (including phenoxy) is 2. The third-order valence-corrected chi connectivity index (χ3v) is 9.46. The molecule has 8 rings (SSSR count). The zero-order chi connectivity index (χ0) is 35.4. The van der Waals surface area contributed by atoms with Gasteiger partial charge < -0.3 is 45.2 Å². The lowest BCUT2D eigenvalue weighted by Crippen LogP contribution is -2.14. The van der Waals surface area contributed by atoms with Gasteiger partial charge in [-0.05, 0) is 94.0 Å². The second-order valence-electron chi connectivity index (χ2n) is 12.8. The summed E-state index contributed by atoms with van der Waals surface area (Å²) in [6.45, 7) is 0. The van der Waals surface area contributed by atoms with E-state index in [1.165, 1.54) is 12.1 Å². The van der Waals surface area contributed by atoms with Crippen molar-refractivity contribution in [3.63, 3.8) is 0 Å². The van der Waals surface area contributed by atoms with Gasteiger partial charge >= 0.3 is 0 Å². The monoisotopic (exact) mass is 680 g/mol. The predicted octanol–water partition coefficient (Wildman–Crippen LogP) is 8.33. The maximum Gasteiger partial charge on any atom is 0.135 e. The minimum Gasteiger partial charge on any atom is -0.508 e. The fraction of sp³-hybridized carbons (Fsp3) is 0.0952. The predicted molar refractivity (Wildman–Crippen MR) is 190 cm³/mol. The Balaban J connectivity index is 1.42. The van der Waals surface area contributed by atoms with Crippen molar-refractivity contribution >= 4 is 12.2 Å². The molecule has 0 saturated carbocycles. The van der Waals surface area contributed by atoms with Crippen LogP contribution in [0.2, 0.25) is 0 Å². The van der Waals surface area contributed by atoms with Crippen LogP contribution in [0.4, 0.5) is 0 Å². The number of hydrogen-bond donors (Lipinski definition) is 7. The van der Waals surface area contributed by atoms with Gasteiger partial charge in [-0.15, -0.1) is 0 Å². The molecule has 0 aliphatic carbocycles. The summed E-state index contributed by atoms with van der Waals surface area (Å²) in [6, 6.07) is 30.7. The maximum absolute atomic E-state index is 10.7. The van der Waals surface area contributed by atoms with E-state index in [-0.39, 0.29) is 40.2 Å². The minimum absolute atomic E-state index is 0.0863. The van der Waals surface area contributed by atoms with Gasteiger partial charge in [0.15, 0.2) is 0 Å². The maximum atomic E-state index is 10.7. The molecule has 9 nitrogen and oxygen atoms in total. The van der Waals surface area contributed by atoms with Gasteiger partial charge in [-0.25, -0.2) is 0 Å². The molecule has 0 spiro atoms. The largest absolute Gasteiger partial charge is 0.508 e. The first kappa shape index (κ1) is 31.5. The Kier molecular flexibility index (Phi) is 7.60. The average molecular weight is 681 g/mol. The fourth-order valence-corrected chi connectivity index (χ4v) is 7.31. The third kappa shape index (κ3) is 5.84. The third-order valence-electron chi connectivity index (χ3n) is 9.46. The van der Waals surface area contributed by atoms with Crippen LogP contribution in [-0.4, -0.2) is 35.7 Å². The van der Waals surface area contributed by atoms with Crippen molar-refractivity contribution in [3.05, 3.63) is 160 Å². The summed E-state index contributed by atoms with van der Waals surface area (Å²) in [5, 5.41) is 72.8. The Morgan fingerprint density at radius 3 is 1.14 bits per heavy atom. The number of benzene rings is 6. The minimum atomic E-state index is -0.652. The molecule has 7 N–H and O–H groups in total. The van der Waals surface area contributed by atoms with E-state index in [0.717, 1.165) is 27.8 Å². The van der Waals surface area contributed by atoms with Gasteiger partial charge in [-0.1, -0.05) is 48.6 Å². The van der Waals surface area contributed by atoms with Crippen LogP contribution >= 0.6 is 0 Å². The molecule has 0 radical (unpaired) electrons. The van der Waals surface area contributed by atoms with Crippen LogP contribution in [0, 0.1) is 0 Å². The van der Waals surface area contributed by atoms with E-state index >= 15 is 0 Å². The molecule has 0 amide bonds. The molecule has 0 saturated heterocycles. The molecule has 6 aromatic carbocycles. The molecule has 51 heavy (non-hydrogen) atoms. The molecule has 0 unspecified atom stereocenters. The molecule has 2 heterocycles. The zero-order valence-corrected chi connectivity index (χ0v) is 26.9. The fourth-order valence-electron chi connectivity index (χ4n) is 7.31. The molecular weight excluding hydrogens is 648 g/mol. The summed E-state index contributed by atoms with van der Waals surface area (Å²) in [7, 11) is 0. The Bertz CT molecular complexity index is 2120. The molecular formula is C42H32O9. The van der Waals surface area contributed by atoms with Crippen LogP contribution in [0.15, 0.2) is 115 Å². The first-order valence-electron chi connectivity index (χ1n) is 16.3. The van der Waals surface area contributed by atoms with Gasteiger partial charge in [0.1, 0.15) is 64.0 Å². The Morgan fingerprint density at radius 2 is 0.745 bits per heavy atom. The van der Waals surface area contributed by atoms with Crippen molar-refractivity contribution in [2.75, 3.05) is 0 Å². The highest BCUT2D eigenvalue weighted by atomic mass is 16.5. The van der Waals surface area contributed by atoms with Gasteiger partial charge in [0, 0.05) is 29.3 Å². The molecule has 254 valence electrons. The number of phenols is 7. The van der Waals surface area contributed by atoms with Crippen molar-refractivity contribution in [2.45, 2.75) is 24.0 Å². The van der Waals surface area contributed by atoms with Gasteiger partial charge in [-0.3, -0.25) is 0 Å². The first-order chi connectivity index (χ1) is 24.6. The lowest BCUT2D eigenvalue weighted by atomic mass is 9.77. The quantitative estimate of drug-likeness (QED) is 0.0858. The molecule has 0 aromatic heterocycles. The lowest BCUT2D eigenvalue weighted by molar-refractivity contribution is 0.212. The van der Waals surface area contributed by atoms with Crippen LogP contribution in [-0.2, 0) is 0 Å². The number of rotatable bonds is 6. The average Bonchev–Trinajstić information content (AvgIpc) is 3.66. The smallest absolute Gasteiger partial charge is 0.135 e. The van der Waals surface area contributed by atoms with Gasteiger partial charge in [0.2, 0.25) is 0 Å². The standard InChI is InChI=1S/C42H32O9/c43-27-8-1-22(2-9-27)3-14-34-39-35(50-41(23-4-10-28(44)11-5-23)37(39)25-15-30(46)19-31(47)16-25)21-36-40(34)38(26-17-32(48)20-33(49)18-26)42(51-36)24-6-12-29(45)13-7-24/h1-21,37-38,41-49H/t37-,38-,41+,42+/m0/s1. The van der Waals surface area contributed by atoms with Crippen LogP contribution in [0.1, 0.15) is 68.6 Å². The first-order valence-corrected chi connectivity index (χ1v) is 16.3. The summed E-state index contributed by atoms with van der Waals surface area (Å²) >= 11 is 0. The summed E-state index contributed by atoms with van der Waals surface area (Å²) < 4.78 is 13.5. The van der Waals surface area contributed by atoms with Gasteiger partial charge in [0.25, 0.3) is 0 Å². The van der Waals surface area contributed by atoms with Crippen molar-refractivity contribution in [3.8, 4) is 51.7 Å². The van der Waals surface area contributed by atoms with Gasteiger partial charge in [-0.2, -0.15) is 0 Å². The number of phenolic OH excluding ortho intramolecular Hbond substituents is 7. The van der Waals surface area contributed by atoms with E-state index in [4.69, 9.17) is 9.47 Å². The normalized spacial score (nSPS) is 19.0. The van der Waals surface area contributed by atoms with E-state index in [9.17, 15) is 35.7 Å². The molecule has 2 aliphatic heterocycles. The van der Waals surface area contributed by atoms with Crippen LogP contribution in [0.25, 0.3) is 12.2 Å². The van der Waals surface area contributed by atoms with E-state index < -0.39 is 24.0 Å². The molecule has 4 atom stereocenters. The summed E-state index contributed by atoms with van der Waals surface area (Å²) in [5.41, 5.74) is 5.59. The van der Waals surface area contributed by atoms with E-state index in [1.54, 1.807) is 97.1 Å². The van der Waals surface area contributed by atoms with Crippen molar-refractivity contribution < 1.29 is 45.2 Å². The Labute approximate surface area is 292 Å². The Hall–Kier alpha value is -6.74. The summed E-state index contributed by atoms with van der Waals surface area (Å²) in [4.78, 5) is 0. The van der Waals surface area contributed by atoms with E-state index in [0.29, 0.717) is 28.2 Å². The number of fused-ring (bicyclic) bond motifs is 2. The topological polar surface area (TPSA) is 160 Å². The van der Waals surface area contributed by atoms with Crippen LogP contribution < -0.4 is 9.47 Å². The second-order valence-corrected chi connectivity index (χ2v) is 12.8. The number of aromatic hydroxyl groups is 7. The highest BCUT2D eigenvalue weighted by Gasteiger charge is 2.45. The highest BCUT2D eigenvalue weighted by molar-refractivity contribution is 5.80. The van der Waals surface area contributed by atoms with Crippen LogP contribution in [0.5, 0.6) is 51.7 Å². The molecule has 2 aliphatic rings. The second kappa shape index (κ2) is 12.3. The lowest BCUT2D eigenvalue weighted by Gasteiger charge is -2.24. The highest BCUT2D eigenvalue weighted by Crippen LogP contribution is 2.60. The van der Waals surface area contributed by atoms with Crippen molar-refractivity contribution in [2.24, 2.45) is 0 Å². The molecule has 6 aromatic rings.